The first-order valence-corrected chi connectivity index (χ1v) is 10.4. The van der Waals surface area contributed by atoms with Crippen LogP contribution in [0.1, 0.15) is 91.7 Å². The van der Waals surface area contributed by atoms with Crippen LogP contribution in [0.4, 0.5) is 0 Å². The largest absolute Gasteiger partial charge is 0.299 e. The fourth-order valence-electron chi connectivity index (χ4n) is 5.04. The number of hydrogen-bond acceptors (Lipinski definition) is 3. The molecule has 0 aromatic heterocycles. The zero-order valence-corrected chi connectivity index (χ0v) is 17.5. The van der Waals surface area contributed by atoms with Crippen molar-refractivity contribution in [3.63, 3.8) is 0 Å². The topological polar surface area (TPSA) is 29.5 Å². The van der Waals surface area contributed by atoms with Gasteiger partial charge in [-0.2, -0.15) is 5.06 Å². The van der Waals surface area contributed by atoms with Crippen LogP contribution in [0.15, 0.2) is 30.3 Å². The second kappa shape index (κ2) is 8.67. The van der Waals surface area contributed by atoms with Crippen LogP contribution in [0.25, 0.3) is 0 Å². The molecule has 1 aliphatic heterocycles. The number of rotatable bonds is 8. The van der Waals surface area contributed by atoms with Crippen LogP contribution < -0.4 is 0 Å². The van der Waals surface area contributed by atoms with E-state index < -0.39 is 0 Å². The minimum absolute atomic E-state index is 0.0331. The van der Waals surface area contributed by atoms with E-state index in [1.54, 1.807) is 0 Å². The Kier molecular flexibility index (Phi) is 7.04. The first kappa shape index (κ1) is 21.1. The van der Waals surface area contributed by atoms with Gasteiger partial charge in [0, 0.05) is 12.3 Å². The minimum atomic E-state index is -0.258. The van der Waals surface area contributed by atoms with Gasteiger partial charge in [-0.1, -0.05) is 63.9 Å². The maximum Gasteiger partial charge on any atom is 0.139 e. The fourth-order valence-corrected chi connectivity index (χ4v) is 5.04. The van der Waals surface area contributed by atoms with Crippen molar-refractivity contribution in [1.29, 1.82) is 0 Å². The summed E-state index contributed by atoms with van der Waals surface area (Å²) in [6.07, 6.45) is 5.45. The van der Waals surface area contributed by atoms with Gasteiger partial charge in [0.05, 0.1) is 11.1 Å². The first-order chi connectivity index (χ1) is 12.3. The molecule has 0 N–H and O–H groups in total. The SMILES string of the molecule is CCCC1(C)CC(=O)C(CC)C(C)(CCC)N1OC(C)c1ccccc1. The Morgan fingerprint density at radius 3 is 2.27 bits per heavy atom. The van der Waals surface area contributed by atoms with E-state index >= 15 is 0 Å². The quantitative estimate of drug-likeness (QED) is 0.562. The molecule has 0 amide bonds. The molecule has 146 valence electrons. The van der Waals surface area contributed by atoms with Crippen molar-refractivity contribution in [2.45, 2.75) is 97.2 Å². The molecule has 0 bridgehead atoms. The van der Waals surface area contributed by atoms with Gasteiger partial charge in [-0.25, -0.2) is 0 Å². The zero-order chi connectivity index (χ0) is 19.4. The molecular formula is C23H37NO2. The highest BCUT2D eigenvalue weighted by molar-refractivity contribution is 5.84. The van der Waals surface area contributed by atoms with Crippen molar-refractivity contribution in [3.05, 3.63) is 35.9 Å². The molecule has 3 nitrogen and oxygen atoms in total. The van der Waals surface area contributed by atoms with Gasteiger partial charge in [0.1, 0.15) is 11.9 Å². The van der Waals surface area contributed by atoms with Crippen LogP contribution in [-0.2, 0) is 9.63 Å². The Morgan fingerprint density at radius 1 is 1.12 bits per heavy atom. The average Bonchev–Trinajstić information content (AvgIpc) is 2.60. The van der Waals surface area contributed by atoms with E-state index in [0.717, 1.165) is 32.1 Å². The Labute approximate surface area is 160 Å². The molecule has 4 atom stereocenters. The summed E-state index contributed by atoms with van der Waals surface area (Å²) in [5.41, 5.74) is 0.672. The van der Waals surface area contributed by atoms with Crippen molar-refractivity contribution in [3.8, 4) is 0 Å². The Balaban J connectivity index is 2.43. The molecular weight excluding hydrogens is 322 g/mol. The summed E-state index contributed by atoms with van der Waals surface area (Å²) in [5.74, 6) is 0.446. The number of carbonyl (C=O) groups is 1. The number of piperidine rings is 1. The van der Waals surface area contributed by atoms with E-state index in [1.165, 1.54) is 5.56 Å². The van der Waals surface area contributed by atoms with E-state index in [0.29, 0.717) is 12.2 Å². The van der Waals surface area contributed by atoms with Crippen LogP contribution in [0, 0.1) is 5.92 Å². The van der Waals surface area contributed by atoms with Gasteiger partial charge < -0.3 is 0 Å². The molecule has 0 radical (unpaired) electrons. The van der Waals surface area contributed by atoms with Gasteiger partial charge in [0.2, 0.25) is 0 Å². The number of Topliss-reactive ketones (excluding diaryl/α,β-unsaturated/α-hetero) is 1. The highest BCUT2D eigenvalue weighted by Crippen LogP contribution is 2.47. The molecule has 0 saturated carbocycles. The smallest absolute Gasteiger partial charge is 0.139 e. The highest BCUT2D eigenvalue weighted by atomic mass is 16.7. The van der Waals surface area contributed by atoms with Crippen molar-refractivity contribution in [2.24, 2.45) is 5.92 Å². The number of ketones is 1. The lowest BCUT2D eigenvalue weighted by molar-refractivity contribution is -0.318. The third-order valence-corrected chi connectivity index (χ3v) is 6.13. The highest BCUT2D eigenvalue weighted by Gasteiger charge is 2.55. The van der Waals surface area contributed by atoms with E-state index in [2.05, 4.69) is 70.9 Å². The molecule has 0 aliphatic carbocycles. The molecule has 1 fully saturated rings. The number of nitrogens with zero attached hydrogens (tertiary/aromatic N) is 1. The van der Waals surface area contributed by atoms with Crippen LogP contribution in [0.5, 0.6) is 0 Å². The van der Waals surface area contributed by atoms with Crippen LogP contribution in [0.2, 0.25) is 0 Å². The molecule has 1 saturated heterocycles. The fraction of sp³-hybridized carbons (Fsp3) is 0.696. The summed E-state index contributed by atoms with van der Waals surface area (Å²) >= 11 is 0. The molecule has 1 aromatic carbocycles. The second-order valence-electron chi connectivity index (χ2n) is 8.41. The van der Waals surface area contributed by atoms with Crippen molar-refractivity contribution in [1.82, 2.24) is 5.06 Å². The lowest BCUT2D eigenvalue weighted by Gasteiger charge is -2.57. The molecule has 1 aromatic rings. The molecule has 1 aliphatic rings. The third kappa shape index (κ3) is 4.04. The predicted molar refractivity (Wildman–Crippen MR) is 108 cm³/mol. The number of hydrogen-bond donors (Lipinski definition) is 0. The standard InChI is InChI=1S/C23H37NO2/c1-7-15-22(5)17-21(25)20(9-3)23(6,16-8-2)24(22)26-18(4)19-13-11-10-12-14-19/h10-14,18,20H,7-9,15-17H2,1-6H3. The van der Waals surface area contributed by atoms with E-state index in [9.17, 15) is 4.79 Å². The van der Waals surface area contributed by atoms with Crippen LogP contribution in [0.3, 0.4) is 0 Å². The lowest BCUT2D eigenvalue weighted by atomic mass is 9.67. The molecule has 2 rings (SSSR count). The van der Waals surface area contributed by atoms with Gasteiger partial charge in [-0.3, -0.25) is 9.63 Å². The van der Waals surface area contributed by atoms with E-state index in [1.807, 2.05) is 6.07 Å². The second-order valence-corrected chi connectivity index (χ2v) is 8.41. The monoisotopic (exact) mass is 359 g/mol. The van der Waals surface area contributed by atoms with E-state index in [4.69, 9.17) is 4.84 Å². The summed E-state index contributed by atoms with van der Waals surface area (Å²) in [4.78, 5) is 19.7. The molecule has 4 unspecified atom stereocenters. The van der Waals surface area contributed by atoms with Gasteiger partial charge in [0.15, 0.2) is 0 Å². The normalized spacial score (nSPS) is 31.2. The maximum atomic E-state index is 13.0. The summed E-state index contributed by atoms with van der Waals surface area (Å²) in [7, 11) is 0. The molecule has 0 spiro atoms. The number of benzene rings is 1. The molecule has 1 heterocycles. The molecule has 3 heteroatoms. The van der Waals surface area contributed by atoms with Crippen molar-refractivity contribution < 1.29 is 9.63 Å². The van der Waals surface area contributed by atoms with Gasteiger partial charge in [-0.15, -0.1) is 0 Å². The van der Waals surface area contributed by atoms with Crippen molar-refractivity contribution >= 4 is 5.78 Å². The van der Waals surface area contributed by atoms with Crippen molar-refractivity contribution in [2.75, 3.05) is 0 Å². The Morgan fingerprint density at radius 2 is 1.73 bits per heavy atom. The minimum Gasteiger partial charge on any atom is -0.299 e. The van der Waals surface area contributed by atoms with Gasteiger partial charge >= 0.3 is 0 Å². The van der Waals surface area contributed by atoms with Crippen LogP contribution >= 0.6 is 0 Å². The summed E-state index contributed by atoms with van der Waals surface area (Å²) in [6.45, 7) is 13.1. The lowest BCUT2D eigenvalue weighted by Crippen LogP contribution is -2.67. The number of hydroxylamine groups is 2. The third-order valence-electron chi connectivity index (χ3n) is 6.13. The summed E-state index contributed by atoms with van der Waals surface area (Å²) < 4.78 is 0. The van der Waals surface area contributed by atoms with Gasteiger partial charge in [0.25, 0.3) is 0 Å². The zero-order valence-electron chi connectivity index (χ0n) is 17.5. The van der Waals surface area contributed by atoms with E-state index in [-0.39, 0.29) is 23.1 Å². The predicted octanol–water partition coefficient (Wildman–Crippen LogP) is 6.10. The Bertz CT molecular complexity index is 587. The summed E-state index contributed by atoms with van der Waals surface area (Å²) in [6, 6.07) is 10.4. The maximum absolute atomic E-state index is 13.0. The van der Waals surface area contributed by atoms with Crippen LogP contribution in [-0.4, -0.2) is 21.9 Å². The summed E-state index contributed by atoms with van der Waals surface area (Å²) in [5, 5.41) is 2.25. The first-order valence-electron chi connectivity index (χ1n) is 10.4. The molecule has 26 heavy (non-hydrogen) atoms. The Hall–Kier alpha value is -1.19. The average molecular weight is 360 g/mol. The number of carbonyl (C=O) groups excluding carboxylic acids is 1. The van der Waals surface area contributed by atoms with Gasteiger partial charge in [-0.05, 0) is 45.6 Å².